The molecule has 0 spiro atoms. The normalized spacial score (nSPS) is 11.6. The maximum atomic E-state index is 12.7. The van der Waals surface area contributed by atoms with Gasteiger partial charge in [-0.2, -0.15) is 83.4 Å². The molecular formula is C46H49F23O20. The van der Waals surface area contributed by atoms with Crippen LogP contribution >= 0.6 is 0 Å². The topological polar surface area (TPSA) is 263 Å². The molecule has 0 N–H and O–H groups in total. The minimum atomic E-state index is -6.03. The van der Waals surface area contributed by atoms with Gasteiger partial charge < -0.3 is 47.4 Å². The lowest BCUT2D eigenvalue weighted by atomic mass is 10.2. The van der Waals surface area contributed by atoms with Gasteiger partial charge in [0.15, 0.2) is 0 Å². The lowest BCUT2D eigenvalue weighted by Gasteiger charge is -2.17. The van der Waals surface area contributed by atoms with Crippen molar-refractivity contribution in [3.8, 4) is 0 Å². The Morgan fingerprint density at radius 1 is 0.337 bits per heavy atom. The molecule has 0 radical (unpaired) electrons. The summed E-state index contributed by atoms with van der Waals surface area (Å²) in [6.45, 7) is 13.1. The van der Waals surface area contributed by atoms with Crippen molar-refractivity contribution in [2.24, 2.45) is 0 Å². The number of esters is 10. The molecule has 0 aromatic carbocycles. The Bertz CT molecular complexity index is 2380. The molecule has 0 aliphatic heterocycles. The third-order valence-electron chi connectivity index (χ3n) is 7.51. The van der Waals surface area contributed by atoms with Gasteiger partial charge in [-0.3, -0.25) is 0 Å². The van der Waals surface area contributed by atoms with Crippen molar-refractivity contribution in [2.45, 2.75) is 101 Å². The molecule has 0 aliphatic carbocycles. The maximum absolute atomic E-state index is 12.7. The lowest BCUT2D eigenvalue weighted by molar-refractivity contribution is -0.281. The Hall–Kier alpha value is -8.21. The molecule has 0 heterocycles. The summed E-state index contributed by atoms with van der Waals surface area (Å²) in [6.07, 6.45) is -28.8. The molecule has 0 saturated heterocycles. The summed E-state index contributed by atoms with van der Waals surface area (Å²) < 4.78 is 318. The fraction of sp³-hybridized carbons (Fsp3) is 0.565. The number of carbonyl (C=O) groups is 10. The highest BCUT2D eigenvalue weighted by Gasteiger charge is 2.66. The zero-order valence-electron chi connectivity index (χ0n) is 45.4. The first-order chi connectivity index (χ1) is 40.0. The monoisotopic (exact) mass is 1360 g/mol. The SMILES string of the molecule is C=C(C)C(=O)OCCOC(=O)C(F)(F)C(F)(F)F.C=C(C)C(=O)OCCOC(=O)C(F)(F)CC(F)(F)F.C=C(C)C(=O)OCCOC(=O)C(F)(F)CC(F)F.C=CC(=O)OCCOC(=O)C(F)(F)C(F)(F)F.C=CC(=O)OCCOC(=O)C(F)(F)CC(F)F. The number of hydrogen-bond acceptors (Lipinski definition) is 20. The Morgan fingerprint density at radius 2 is 0.539 bits per heavy atom. The fourth-order valence-corrected chi connectivity index (χ4v) is 3.45. The number of alkyl halides is 23. The van der Waals surface area contributed by atoms with Gasteiger partial charge in [-0.15, -0.1) is 0 Å². The molecule has 20 nitrogen and oxygen atoms in total. The molecule has 0 unspecified atom stereocenters. The third kappa shape index (κ3) is 42.3. The molecule has 0 rings (SSSR count). The average molecular weight is 1360 g/mol. The first-order valence-corrected chi connectivity index (χ1v) is 22.6. The van der Waals surface area contributed by atoms with Crippen LogP contribution in [0.15, 0.2) is 61.8 Å². The van der Waals surface area contributed by atoms with E-state index in [-0.39, 0.29) is 16.7 Å². The van der Waals surface area contributed by atoms with E-state index in [1.165, 1.54) is 20.8 Å². The van der Waals surface area contributed by atoms with Crippen LogP contribution in [0.1, 0.15) is 40.0 Å². The summed E-state index contributed by atoms with van der Waals surface area (Å²) in [7, 11) is 0. The Balaban J connectivity index is -0.000000331. The average Bonchev–Trinajstić information content (AvgIpc) is 3.37. The van der Waals surface area contributed by atoms with E-state index in [0.717, 1.165) is 12.2 Å². The summed E-state index contributed by atoms with van der Waals surface area (Å²) in [4.78, 5) is 106. The van der Waals surface area contributed by atoms with E-state index in [0.29, 0.717) is 0 Å². The minimum Gasteiger partial charge on any atom is -0.459 e. The van der Waals surface area contributed by atoms with E-state index in [4.69, 9.17) is 0 Å². The standard InChI is InChI=1S/C10H11F5O4.C10H12F4O4.C9H9F5O4.C9H10F4O4.C8H7F5O4/c1-6(2)7(16)18-3-4-19-8(17)9(11,12)5-10(13,14)15;1-6(2)8(15)17-3-4-18-9(16)10(13,14)5-7(11)12;1-5(2)6(15)17-3-4-18-7(16)8(10,11)9(12,13)14;1-2-7(14)16-3-4-17-8(15)9(12,13)5-6(10)11;1-2-5(14)16-3-4-17-6(15)7(9,10)8(11,12)13/h1,3-5H2,2H3;7H,1,3-5H2,2H3;1,3-4H2,2H3;2,6H,1,3-5H2;2H,1,3-4H2. The van der Waals surface area contributed by atoms with Gasteiger partial charge in [-0.1, -0.05) is 32.9 Å². The predicted octanol–water partition coefficient (Wildman–Crippen LogP) is 9.03. The molecule has 43 heteroatoms. The molecule has 89 heavy (non-hydrogen) atoms. The first kappa shape index (κ1) is 89.5. The second-order valence-corrected chi connectivity index (χ2v) is 15.4. The van der Waals surface area contributed by atoms with Crippen LogP contribution in [0.25, 0.3) is 0 Å². The minimum absolute atomic E-state index is 0.00180. The van der Waals surface area contributed by atoms with Crippen molar-refractivity contribution in [2.75, 3.05) is 66.1 Å². The molecule has 0 bridgehead atoms. The molecule has 0 atom stereocenters. The molecule has 514 valence electrons. The van der Waals surface area contributed by atoms with Crippen molar-refractivity contribution in [1.29, 1.82) is 0 Å². The van der Waals surface area contributed by atoms with Gasteiger partial charge in [-0.25, -0.2) is 65.5 Å². The number of carbonyl (C=O) groups excluding carboxylic acids is 10. The van der Waals surface area contributed by atoms with E-state index >= 15 is 0 Å². The van der Waals surface area contributed by atoms with E-state index in [9.17, 15) is 149 Å². The molecule has 0 amide bonds. The van der Waals surface area contributed by atoms with Crippen molar-refractivity contribution >= 4 is 59.7 Å². The zero-order valence-corrected chi connectivity index (χ0v) is 45.4. The van der Waals surface area contributed by atoms with Crippen LogP contribution in [0.5, 0.6) is 0 Å². The van der Waals surface area contributed by atoms with E-state index in [1.54, 1.807) is 0 Å². The van der Waals surface area contributed by atoms with E-state index < -0.39 is 206 Å². The zero-order chi connectivity index (χ0) is 71.3. The second kappa shape index (κ2) is 41.1. The fourth-order valence-electron chi connectivity index (χ4n) is 3.45. The highest BCUT2D eigenvalue weighted by atomic mass is 19.4. The first-order valence-electron chi connectivity index (χ1n) is 22.6. The van der Waals surface area contributed by atoms with Gasteiger partial charge in [0.05, 0.1) is 12.8 Å². The molecule has 0 fully saturated rings. The Labute approximate surface area is 484 Å². The van der Waals surface area contributed by atoms with Crippen molar-refractivity contribution < 1.29 is 196 Å². The van der Waals surface area contributed by atoms with Crippen LogP contribution < -0.4 is 0 Å². The molecule has 0 saturated carbocycles. The van der Waals surface area contributed by atoms with Gasteiger partial charge in [0.25, 0.3) is 0 Å². The van der Waals surface area contributed by atoms with E-state index in [2.05, 4.69) is 80.3 Å². The highest BCUT2D eigenvalue weighted by molar-refractivity contribution is 5.88. The number of halogens is 23. The number of hydrogen-bond donors (Lipinski definition) is 0. The number of ether oxygens (including phenoxy) is 10. The van der Waals surface area contributed by atoms with Crippen molar-refractivity contribution in [3.05, 3.63) is 61.8 Å². The van der Waals surface area contributed by atoms with E-state index in [1.807, 2.05) is 0 Å². The van der Waals surface area contributed by atoms with Gasteiger partial charge in [0.1, 0.15) is 72.5 Å². The van der Waals surface area contributed by atoms with Crippen LogP contribution in [0.3, 0.4) is 0 Å². The highest BCUT2D eigenvalue weighted by Crippen LogP contribution is 2.38. The second-order valence-electron chi connectivity index (χ2n) is 15.4. The van der Waals surface area contributed by atoms with Gasteiger partial charge in [0.2, 0.25) is 12.9 Å². The summed E-state index contributed by atoms with van der Waals surface area (Å²) in [5, 5.41) is 0. The Kier molecular flexibility index (Phi) is 41.3. The van der Waals surface area contributed by atoms with Crippen LogP contribution in [-0.4, -0.2) is 187 Å². The summed E-state index contributed by atoms with van der Waals surface area (Å²) in [5.41, 5.74) is 0.125. The van der Waals surface area contributed by atoms with Gasteiger partial charge in [-0.05, 0) is 20.8 Å². The van der Waals surface area contributed by atoms with Crippen molar-refractivity contribution in [1.82, 2.24) is 0 Å². The Morgan fingerprint density at radius 3 is 0.730 bits per heavy atom. The van der Waals surface area contributed by atoms with Crippen LogP contribution in [0.2, 0.25) is 0 Å². The van der Waals surface area contributed by atoms with Crippen LogP contribution in [0, 0.1) is 0 Å². The summed E-state index contributed by atoms with van der Waals surface area (Å²) in [5.74, 6) is -40.6. The smallest absolute Gasteiger partial charge is 0.459 e. The molecule has 0 aromatic rings. The molecular weight excluding hydrogens is 1310 g/mol. The summed E-state index contributed by atoms with van der Waals surface area (Å²) >= 11 is 0. The largest absolute Gasteiger partial charge is 0.465 e. The van der Waals surface area contributed by atoms with Crippen molar-refractivity contribution in [3.63, 3.8) is 0 Å². The summed E-state index contributed by atoms with van der Waals surface area (Å²) in [6, 6.07) is 0. The third-order valence-corrected chi connectivity index (χ3v) is 7.51. The maximum Gasteiger partial charge on any atom is 0.465 e. The lowest BCUT2D eigenvalue weighted by Crippen LogP contribution is -2.45. The quantitative estimate of drug-likeness (QED) is 0.0213. The number of rotatable bonds is 30. The van der Waals surface area contributed by atoms with Crippen LogP contribution in [-0.2, 0) is 95.3 Å². The van der Waals surface area contributed by atoms with Gasteiger partial charge in [0, 0.05) is 28.9 Å². The van der Waals surface area contributed by atoms with Crippen LogP contribution in [0.4, 0.5) is 101 Å². The molecule has 0 aromatic heterocycles. The van der Waals surface area contributed by atoms with Gasteiger partial charge >= 0.3 is 108 Å². The predicted molar refractivity (Wildman–Crippen MR) is 243 cm³/mol. The molecule has 0 aliphatic rings.